The lowest BCUT2D eigenvalue weighted by Crippen LogP contribution is -2.34. The molecule has 2 amide bonds. The molecule has 8 heteroatoms. The van der Waals surface area contributed by atoms with Gasteiger partial charge < -0.3 is 10.2 Å². The summed E-state index contributed by atoms with van der Waals surface area (Å²) in [5.41, 5.74) is 1.17. The lowest BCUT2D eigenvalue weighted by Gasteiger charge is -2.25. The van der Waals surface area contributed by atoms with Crippen LogP contribution >= 0.6 is 0 Å². The maximum atomic E-state index is 13.5. The van der Waals surface area contributed by atoms with Crippen LogP contribution < -0.4 is 5.32 Å². The number of pyridine rings is 1. The number of amides is 2. The number of nitrogens with one attached hydrogen (secondary N) is 1. The molecule has 1 aliphatic heterocycles. The summed E-state index contributed by atoms with van der Waals surface area (Å²) in [5, 5.41) is 2.66. The number of benzene rings is 1. The Kier molecular flexibility index (Phi) is 4.71. The van der Waals surface area contributed by atoms with Crippen LogP contribution in [-0.4, -0.2) is 37.1 Å². The van der Waals surface area contributed by atoms with Crippen LogP contribution in [0.4, 0.5) is 14.9 Å². The molecule has 1 N–H and O–H groups in total. The number of likely N-dealkylation sites (tertiary alicyclic amines) is 1. The summed E-state index contributed by atoms with van der Waals surface area (Å²) in [6.07, 6.45) is 3.98. The van der Waals surface area contributed by atoms with E-state index in [1.54, 1.807) is 11.0 Å². The average molecular weight is 363 g/mol. The SMILES string of the molecule is CS(=O)(=O)c1ccc(NC(=O)N2CCCC2c2cccc(F)c2)cn1. The van der Waals surface area contributed by atoms with Gasteiger partial charge in [0, 0.05) is 12.8 Å². The van der Waals surface area contributed by atoms with Crippen molar-refractivity contribution in [3.05, 3.63) is 54.0 Å². The van der Waals surface area contributed by atoms with E-state index in [-0.39, 0.29) is 22.9 Å². The normalized spacial score (nSPS) is 17.5. The van der Waals surface area contributed by atoms with Crippen molar-refractivity contribution < 1.29 is 17.6 Å². The van der Waals surface area contributed by atoms with Gasteiger partial charge in [-0.3, -0.25) is 0 Å². The molecule has 132 valence electrons. The number of nitrogens with zero attached hydrogens (tertiary/aromatic N) is 2. The fourth-order valence-electron chi connectivity index (χ4n) is 2.94. The van der Waals surface area contributed by atoms with Crippen molar-refractivity contribution in [3.63, 3.8) is 0 Å². The number of rotatable bonds is 3. The Morgan fingerprint density at radius 2 is 2.12 bits per heavy atom. The number of aromatic nitrogens is 1. The van der Waals surface area contributed by atoms with E-state index in [0.717, 1.165) is 24.7 Å². The van der Waals surface area contributed by atoms with Gasteiger partial charge in [0.05, 0.1) is 17.9 Å². The highest BCUT2D eigenvalue weighted by molar-refractivity contribution is 7.90. The minimum absolute atomic E-state index is 0.0516. The monoisotopic (exact) mass is 363 g/mol. The molecule has 3 rings (SSSR count). The fraction of sp³-hybridized carbons (Fsp3) is 0.294. The van der Waals surface area contributed by atoms with Gasteiger partial charge in [0.1, 0.15) is 5.82 Å². The molecule has 2 aromatic rings. The van der Waals surface area contributed by atoms with E-state index in [2.05, 4.69) is 10.3 Å². The van der Waals surface area contributed by atoms with E-state index >= 15 is 0 Å². The van der Waals surface area contributed by atoms with E-state index in [9.17, 15) is 17.6 Å². The molecule has 1 aliphatic rings. The largest absolute Gasteiger partial charge is 0.322 e. The fourth-order valence-corrected chi connectivity index (χ4v) is 3.50. The van der Waals surface area contributed by atoms with Crippen LogP contribution in [0.1, 0.15) is 24.4 Å². The van der Waals surface area contributed by atoms with Crippen molar-refractivity contribution in [3.8, 4) is 0 Å². The summed E-state index contributed by atoms with van der Waals surface area (Å²) < 4.78 is 36.3. The molecular formula is C17H18FN3O3S. The van der Waals surface area contributed by atoms with Gasteiger partial charge in [-0.05, 0) is 42.7 Å². The molecule has 0 saturated carbocycles. The number of hydrogen-bond acceptors (Lipinski definition) is 4. The Hall–Kier alpha value is -2.48. The summed E-state index contributed by atoms with van der Waals surface area (Å²) in [5.74, 6) is -0.328. The smallest absolute Gasteiger partial charge is 0.317 e. The van der Waals surface area contributed by atoms with E-state index in [4.69, 9.17) is 0 Å². The number of carbonyl (C=O) groups excluding carboxylic acids is 1. The van der Waals surface area contributed by atoms with Gasteiger partial charge in [-0.25, -0.2) is 22.6 Å². The minimum Gasteiger partial charge on any atom is -0.317 e. The Morgan fingerprint density at radius 1 is 1.32 bits per heavy atom. The van der Waals surface area contributed by atoms with Gasteiger partial charge in [0.25, 0.3) is 0 Å². The lowest BCUT2D eigenvalue weighted by atomic mass is 10.0. The van der Waals surface area contributed by atoms with Gasteiger partial charge >= 0.3 is 6.03 Å². The van der Waals surface area contributed by atoms with E-state index in [1.165, 1.54) is 30.5 Å². The Balaban J connectivity index is 1.74. The Morgan fingerprint density at radius 3 is 2.76 bits per heavy atom. The van der Waals surface area contributed by atoms with E-state index in [0.29, 0.717) is 12.2 Å². The summed E-state index contributed by atoms with van der Waals surface area (Å²) in [6, 6.07) is 8.60. The molecule has 25 heavy (non-hydrogen) atoms. The maximum absolute atomic E-state index is 13.5. The first-order valence-electron chi connectivity index (χ1n) is 7.84. The van der Waals surface area contributed by atoms with E-state index in [1.807, 2.05) is 6.07 Å². The molecule has 2 heterocycles. The quantitative estimate of drug-likeness (QED) is 0.909. The summed E-state index contributed by atoms with van der Waals surface area (Å²) in [6.45, 7) is 0.571. The van der Waals surface area contributed by atoms with Crippen molar-refractivity contribution in [2.75, 3.05) is 18.1 Å². The Bertz CT molecular complexity index is 884. The summed E-state index contributed by atoms with van der Waals surface area (Å²) in [4.78, 5) is 18.0. The minimum atomic E-state index is -3.38. The second kappa shape index (κ2) is 6.79. The average Bonchev–Trinajstić information content (AvgIpc) is 3.04. The van der Waals surface area contributed by atoms with Crippen LogP contribution in [-0.2, 0) is 9.84 Å². The van der Waals surface area contributed by atoms with Crippen LogP contribution in [0.25, 0.3) is 0 Å². The van der Waals surface area contributed by atoms with Gasteiger partial charge in [0.2, 0.25) is 0 Å². The first-order chi connectivity index (χ1) is 11.8. The lowest BCUT2D eigenvalue weighted by molar-refractivity contribution is 0.207. The topological polar surface area (TPSA) is 79.4 Å². The molecule has 1 fully saturated rings. The summed E-state index contributed by atoms with van der Waals surface area (Å²) >= 11 is 0. The number of halogens is 1. The second-order valence-corrected chi connectivity index (χ2v) is 7.96. The number of hydrogen-bond donors (Lipinski definition) is 1. The van der Waals surface area contributed by atoms with Gasteiger partial charge in [-0.1, -0.05) is 12.1 Å². The van der Waals surface area contributed by atoms with Gasteiger partial charge in [-0.2, -0.15) is 0 Å². The number of urea groups is 1. The maximum Gasteiger partial charge on any atom is 0.322 e. The van der Waals surface area contributed by atoms with Crippen LogP contribution in [0, 0.1) is 5.82 Å². The van der Waals surface area contributed by atoms with Crippen molar-refractivity contribution in [2.45, 2.75) is 23.9 Å². The predicted molar refractivity (Wildman–Crippen MR) is 91.4 cm³/mol. The molecule has 1 aromatic heterocycles. The van der Waals surface area contributed by atoms with Crippen LogP contribution in [0.5, 0.6) is 0 Å². The van der Waals surface area contributed by atoms with Crippen LogP contribution in [0.15, 0.2) is 47.6 Å². The first kappa shape index (κ1) is 17.3. The van der Waals surface area contributed by atoms with Crippen molar-refractivity contribution >= 4 is 21.6 Å². The highest BCUT2D eigenvalue weighted by Crippen LogP contribution is 2.32. The zero-order chi connectivity index (χ0) is 18.0. The zero-order valence-electron chi connectivity index (χ0n) is 13.6. The number of carbonyl (C=O) groups is 1. The predicted octanol–water partition coefficient (Wildman–Crippen LogP) is 2.99. The second-order valence-electron chi connectivity index (χ2n) is 5.99. The molecule has 1 atom stereocenters. The first-order valence-corrected chi connectivity index (χ1v) is 9.73. The van der Waals surface area contributed by atoms with Crippen molar-refractivity contribution in [1.29, 1.82) is 0 Å². The Labute approximate surface area is 145 Å². The zero-order valence-corrected chi connectivity index (χ0v) is 14.5. The molecule has 0 bridgehead atoms. The molecule has 1 saturated heterocycles. The highest BCUT2D eigenvalue weighted by Gasteiger charge is 2.30. The van der Waals surface area contributed by atoms with Crippen LogP contribution in [0.2, 0.25) is 0 Å². The molecule has 1 unspecified atom stereocenters. The van der Waals surface area contributed by atoms with Crippen molar-refractivity contribution in [1.82, 2.24) is 9.88 Å². The molecule has 0 aliphatic carbocycles. The molecule has 0 spiro atoms. The third kappa shape index (κ3) is 3.96. The standard InChI is InChI=1S/C17H18FN3O3S/c1-25(23,24)16-8-7-14(11-19-16)20-17(22)21-9-3-6-15(21)12-4-2-5-13(18)10-12/h2,4-5,7-8,10-11,15H,3,6,9H2,1H3,(H,20,22). The molecular weight excluding hydrogens is 345 g/mol. The van der Waals surface area contributed by atoms with Crippen LogP contribution in [0.3, 0.4) is 0 Å². The number of anilines is 1. The van der Waals surface area contributed by atoms with Crippen molar-refractivity contribution in [2.24, 2.45) is 0 Å². The molecule has 0 radical (unpaired) electrons. The summed E-state index contributed by atoms with van der Waals surface area (Å²) in [7, 11) is -3.38. The number of sulfone groups is 1. The third-order valence-electron chi connectivity index (χ3n) is 4.11. The molecule has 1 aromatic carbocycles. The van der Waals surface area contributed by atoms with Gasteiger partial charge in [0.15, 0.2) is 14.9 Å². The highest BCUT2D eigenvalue weighted by atomic mass is 32.2. The molecule has 6 nitrogen and oxygen atoms in total. The third-order valence-corrected chi connectivity index (χ3v) is 5.12. The van der Waals surface area contributed by atoms with Gasteiger partial charge in [-0.15, -0.1) is 0 Å². The van der Waals surface area contributed by atoms with E-state index < -0.39 is 9.84 Å².